The van der Waals surface area contributed by atoms with Gasteiger partial charge in [-0.1, -0.05) is 5.16 Å². The number of rotatable bonds is 8. The number of carbonyl (C=O) groups excluding carboxylic acids is 1. The number of benzene rings is 1. The lowest BCUT2D eigenvalue weighted by Crippen LogP contribution is -2.43. The molecule has 8 nitrogen and oxygen atoms in total. The highest BCUT2D eigenvalue weighted by Gasteiger charge is 2.27. The SMILES string of the molecule is COc1ccc(/C(C)=N\OCCOC2CCN(C(=O)OC(C)(C)C)CC2)cc1OC. The molecule has 1 aliphatic heterocycles. The van der Waals surface area contributed by atoms with Crippen molar-refractivity contribution >= 4 is 11.8 Å². The second kappa shape index (κ2) is 11.1. The van der Waals surface area contributed by atoms with E-state index in [-0.39, 0.29) is 12.2 Å². The fourth-order valence-electron chi connectivity index (χ4n) is 3.04. The Kier molecular flexibility index (Phi) is 8.77. The minimum atomic E-state index is -0.475. The normalized spacial score (nSPS) is 15.7. The van der Waals surface area contributed by atoms with E-state index in [4.69, 9.17) is 23.8 Å². The molecule has 1 fully saturated rings. The number of amides is 1. The smallest absolute Gasteiger partial charge is 0.410 e. The summed E-state index contributed by atoms with van der Waals surface area (Å²) in [7, 11) is 3.20. The molecule has 0 unspecified atom stereocenters. The van der Waals surface area contributed by atoms with E-state index in [9.17, 15) is 4.79 Å². The first-order valence-electron chi connectivity index (χ1n) is 10.2. The lowest BCUT2D eigenvalue weighted by Gasteiger charge is -2.33. The highest BCUT2D eigenvalue weighted by molar-refractivity contribution is 5.98. The summed E-state index contributed by atoms with van der Waals surface area (Å²) < 4.78 is 21.8. The molecular formula is C22H34N2O6. The molecule has 1 amide bonds. The molecule has 1 saturated heterocycles. The van der Waals surface area contributed by atoms with Crippen LogP contribution in [0.1, 0.15) is 46.1 Å². The number of carbonyl (C=O) groups is 1. The molecule has 0 atom stereocenters. The van der Waals surface area contributed by atoms with E-state index in [1.807, 2.05) is 45.9 Å². The van der Waals surface area contributed by atoms with Crippen molar-refractivity contribution in [2.24, 2.45) is 5.16 Å². The minimum absolute atomic E-state index is 0.114. The summed E-state index contributed by atoms with van der Waals surface area (Å²) in [6.45, 7) is 9.56. The van der Waals surface area contributed by atoms with E-state index in [1.54, 1.807) is 19.1 Å². The number of likely N-dealkylation sites (tertiary alicyclic amines) is 1. The van der Waals surface area contributed by atoms with Crippen LogP contribution >= 0.6 is 0 Å². The van der Waals surface area contributed by atoms with Crippen LogP contribution in [0.5, 0.6) is 11.5 Å². The lowest BCUT2D eigenvalue weighted by molar-refractivity contribution is -0.0287. The van der Waals surface area contributed by atoms with E-state index in [2.05, 4.69) is 5.16 Å². The van der Waals surface area contributed by atoms with E-state index in [0.29, 0.717) is 37.8 Å². The van der Waals surface area contributed by atoms with Crippen molar-refractivity contribution < 1.29 is 28.6 Å². The molecule has 0 aromatic heterocycles. The number of methoxy groups -OCH3 is 2. The Morgan fingerprint density at radius 1 is 1.10 bits per heavy atom. The van der Waals surface area contributed by atoms with E-state index in [0.717, 1.165) is 24.1 Å². The zero-order valence-corrected chi connectivity index (χ0v) is 18.9. The molecule has 1 heterocycles. The molecule has 0 radical (unpaired) electrons. The van der Waals surface area contributed by atoms with Gasteiger partial charge in [0.15, 0.2) is 11.5 Å². The summed E-state index contributed by atoms with van der Waals surface area (Å²) in [6, 6.07) is 5.59. The monoisotopic (exact) mass is 422 g/mol. The fraction of sp³-hybridized carbons (Fsp3) is 0.636. The third-order valence-electron chi connectivity index (χ3n) is 4.62. The van der Waals surface area contributed by atoms with Crippen LogP contribution in [0.4, 0.5) is 4.79 Å². The average Bonchev–Trinajstić information content (AvgIpc) is 2.72. The standard InChI is InChI=1S/C22H34N2O6/c1-16(17-7-8-19(26-5)20(15-17)27-6)23-29-14-13-28-18-9-11-24(12-10-18)21(25)30-22(2,3)4/h7-8,15,18H,9-14H2,1-6H3/b23-16-. The third kappa shape index (κ3) is 7.40. The van der Waals surface area contributed by atoms with Crippen molar-refractivity contribution in [2.75, 3.05) is 40.5 Å². The molecular weight excluding hydrogens is 388 g/mol. The summed E-state index contributed by atoms with van der Waals surface area (Å²) in [5.41, 5.74) is 1.15. The Hall–Kier alpha value is -2.48. The molecule has 2 rings (SSSR count). The predicted octanol–water partition coefficient (Wildman–Crippen LogP) is 3.86. The number of hydrogen-bond acceptors (Lipinski definition) is 7. The van der Waals surface area contributed by atoms with E-state index < -0.39 is 5.60 Å². The molecule has 8 heteroatoms. The van der Waals surface area contributed by atoms with Gasteiger partial charge in [-0.3, -0.25) is 0 Å². The number of ether oxygens (including phenoxy) is 4. The first kappa shape index (κ1) is 23.8. The Bertz CT molecular complexity index is 721. The Morgan fingerprint density at radius 2 is 1.77 bits per heavy atom. The van der Waals surface area contributed by atoms with Crippen molar-refractivity contribution in [3.63, 3.8) is 0 Å². The van der Waals surface area contributed by atoms with Gasteiger partial charge in [-0.15, -0.1) is 0 Å². The molecule has 0 spiro atoms. The Labute approximate surface area is 179 Å². The fourth-order valence-corrected chi connectivity index (χ4v) is 3.04. The lowest BCUT2D eigenvalue weighted by atomic mass is 10.1. The van der Waals surface area contributed by atoms with Crippen LogP contribution in [0.25, 0.3) is 0 Å². The molecule has 1 aromatic rings. The van der Waals surface area contributed by atoms with Gasteiger partial charge in [-0.25, -0.2) is 4.79 Å². The van der Waals surface area contributed by atoms with Crippen molar-refractivity contribution in [1.29, 1.82) is 0 Å². The molecule has 0 N–H and O–H groups in total. The molecule has 0 saturated carbocycles. The molecule has 30 heavy (non-hydrogen) atoms. The second-order valence-corrected chi connectivity index (χ2v) is 8.12. The molecule has 1 aromatic carbocycles. The van der Waals surface area contributed by atoms with Crippen molar-refractivity contribution in [3.05, 3.63) is 23.8 Å². The van der Waals surface area contributed by atoms with Gasteiger partial charge in [0, 0.05) is 18.7 Å². The van der Waals surface area contributed by atoms with E-state index in [1.165, 1.54) is 0 Å². The summed E-state index contributed by atoms with van der Waals surface area (Å²) in [5.74, 6) is 1.31. The summed E-state index contributed by atoms with van der Waals surface area (Å²) >= 11 is 0. The highest BCUT2D eigenvalue weighted by Crippen LogP contribution is 2.27. The topological polar surface area (TPSA) is 78.8 Å². The Balaban J connectivity index is 1.69. The maximum absolute atomic E-state index is 12.1. The molecule has 0 aliphatic carbocycles. The molecule has 168 valence electrons. The van der Waals surface area contributed by atoms with Crippen molar-refractivity contribution in [1.82, 2.24) is 4.90 Å². The number of piperidine rings is 1. The average molecular weight is 423 g/mol. The largest absolute Gasteiger partial charge is 0.493 e. The summed E-state index contributed by atoms with van der Waals surface area (Å²) in [6.07, 6.45) is 1.42. The summed E-state index contributed by atoms with van der Waals surface area (Å²) in [5, 5.41) is 4.15. The van der Waals surface area contributed by atoms with Gasteiger partial charge in [-0.05, 0) is 58.7 Å². The van der Waals surface area contributed by atoms with Crippen LogP contribution in [0.15, 0.2) is 23.4 Å². The van der Waals surface area contributed by atoms with Gasteiger partial charge in [-0.2, -0.15) is 0 Å². The van der Waals surface area contributed by atoms with Gasteiger partial charge in [0.05, 0.1) is 32.6 Å². The van der Waals surface area contributed by atoms with Gasteiger partial charge in [0.2, 0.25) is 0 Å². The van der Waals surface area contributed by atoms with Crippen LogP contribution in [-0.2, 0) is 14.3 Å². The quantitative estimate of drug-likeness (QED) is 0.360. The van der Waals surface area contributed by atoms with Crippen LogP contribution in [0, 0.1) is 0 Å². The highest BCUT2D eigenvalue weighted by atomic mass is 16.6. The van der Waals surface area contributed by atoms with Gasteiger partial charge in [0.1, 0.15) is 12.2 Å². The zero-order chi connectivity index (χ0) is 22.1. The number of nitrogens with zero attached hydrogens (tertiary/aromatic N) is 2. The van der Waals surface area contributed by atoms with Gasteiger partial charge < -0.3 is 28.7 Å². The van der Waals surface area contributed by atoms with Crippen LogP contribution in [-0.4, -0.2) is 68.9 Å². The second-order valence-electron chi connectivity index (χ2n) is 8.12. The zero-order valence-electron chi connectivity index (χ0n) is 18.9. The minimum Gasteiger partial charge on any atom is -0.493 e. The van der Waals surface area contributed by atoms with Crippen LogP contribution < -0.4 is 9.47 Å². The number of hydrogen-bond donors (Lipinski definition) is 0. The Morgan fingerprint density at radius 3 is 2.37 bits per heavy atom. The third-order valence-corrected chi connectivity index (χ3v) is 4.62. The van der Waals surface area contributed by atoms with Gasteiger partial charge >= 0.3 is 6.09 Å². The van der Waals surface area contributed by atoms with Crippen molar-refractivity contribution in [2.45, 2.75) is 52.2 Å². The maximum atomic E-state index is 12.1. The first-order valence-corrected chi connectivity index (χ1v) is 10.2. The van der Waals surface area contributed by atoms with Crippen LogP contribution in [0.3, 0.4) is 0 Å². The molecule has 1 aliphatic rings. The first-order chi connectivity index (χ1) is 14.2. The van der Waals surface area contributed by atoms with Crippen LogP contribution in [0.2, 0.25) is 0 Å². The van der Waals surface area contributed by atoms with Crippen molar-refractivity contribution in [3.8, 4) is 11.5 Å². The van der Waals surface area contributed by atoms with Gasteiger partial charge in [0.25, 0.3) is 0 Å². The summed E-state index contributed by atoms with van der Waals surface area (Å²) in [4.78, 5) is 19.2. The number of oxime groups is 1. The maximum Gasteiger partial charge on any atom is 0.410 e. The molecule has 0 bridgehead atoms. The predicted molar refractivity (Wildman–Crippen MR) is 114 cm³/mol. The van der Waals surface area contributed by atoms with E-state index >= 15 is 0 Å².